The molecule has 0 aliphatic rings. The number of imidazole rings is 1. The van der Waals surface area contributed by atoms with Crippen molar-refractivity contribution in [3.8, 4) is 0 Å². The monoisotopic (exact) mass is 320 g/mol. The molecule has 5 heteroatoms. The van der Waals surface area contributed by atoms with E-state index in [9.17, 15) is 4.79 Å². The molecule has 0 aliphatic heterocycles. The molecule has 2 heterocycles. The maximum atomic E-state index is 11.3. The summed E-state index contributed by atoms with van der Waals surface area (Å²) in [6, 6.07) is 7.89. The largest absolute Gasteiger partial charge is 0.466 e. The first kappa shape index (κ1) is 12.3. The Morgan fingerprint density at radius 3 is 2.58 bits per heavy atom. The Hall–Kier alpha value is -1.75. The molecule has 3 aromatic rings. The molecular weight excluding hydrogens is 308 g/mol. The topological polar surface area (TPSA) is 61.8 Å². The maximum absolute atomic E-state index is 11.3. The predicted molar refractivity (Wildman–Crippen MR) is 77.9 cm³/mol. The quantitative estimate of drug-likeness (QED) is 0.709. The number of rotatable bonds is 2. The molecule has 0 saturated carbocycles. The molecule has 0 radical (unpaired) electrons. The van der Waals surface area contributed by atoms with Gasteiger partial charge in [-0.15, -0.1) is 0 Å². The first-order valence-corrected chi connectivity index (χ1v) is 6.89. The summed E-state index contributed by atoms with van der Waals surface area (Å²) in [6.45, 7) is 3.89. The highest BCUT2D eigenvalue weighted by Gasteiger charge is 2.16. The molecule has 1 aromatic carbocycles. The van der Waals surface area contributed by atoms with Crippen molar-refractivity contribution in [2.45, 2.75) is 18.7 Å². The Morgan fingerprint density at radius 1 is 1.16 bits per heavy atom. The van der Waals surface area contributed by atoms with Crippen molar-refractivity contribution in [1.29, 1.82) is 0 Å². The van der Waals surface area contributed by atoms with Crippen LogP contribution in [0.2, 0.25) is 0 Å². The number of fused-ring (bicyclic) bond motifs is 1. The van der Waals surface area contributed by atoms with Crippen molar-refractivity contribution in [2.24, 2.45) is 0 Å². The summed E-state index contributed by atoms with van der Waals surface area (Å²) in [5.74, 6) is 1.80. The number of furan rings is 1. The number of aromatic nitrogens is 2. The minimum absolute atomic E-state index is 0.0488. The van der Waals surface area contributed by atoms with Gasteiger partial charge in [-0.05, 0) is 37.6 Å². The van der Waals surface area contributed by atoms with E-state index in [1.165, 1.54) is 0 Å². The lowest BCUT2D eigenvalue weighted by Crippen LogP contribution is -1.99. The lowest BCUT2D eigenvalue weighted by atomic mass is 10.0. The minimum atomic E-state index is -0.186. The van der Waals surface area contributed by atoms with Gasteiger partial charge < -0.3 is 14.4 Å². The Balaban J connectivity index is 2.08. The van der Waals surface area contributed by atoms with Gasteiger partial charge in [-0.2, -0.15) is 0 Å². The van der Waals surface area contributed by atoms with Gasteiger partial charge in [-0.3, -0.25) is 0 Å². The van der Waals surface area contributed by atoms with Crippen LogP contribution in [0, 0.1) is 13.8 Å². The molecule has 0 saturated heterocycles. The number of halogens is 1. The smallest absolute Gasteiger partial charge is 0.323 e. The standard InChI is InChI=1S/C14H13BrN2O2/c1-7-5-10(8(2)19-7)13(15)9-3-4-11-12(6-9)17-14(18)16-11/h3-6,13H,1-2H3,(H2,16,17,18). The van der Waals surface area contributed by atoms with Crippen LogP contribution >= 0.6 is 15.9 Å². The van der Waals surface area contributed by atoms with Crippen LogP contribution in [0.1, 0.15) is 27.5 Å². The van der Waals surface area contributed by atoms with Crippen LogP contribution in [0.15, 0.2) is 33.5 Å². The summed E-state index contributed by atoms with van der Waals surface area (Å²) in [6.07, 6.45) is 0. The van der Waals surface area contributed by atoms with Gasteiger partial charge in [0.15, 0.2) is 0 Å². The zero-order chi connectivity index (χ0) is 13.6. The van der Waals surface area contributed by atoms with Crippen LogP contribution in [0.5, 0.6) is 0 Å². The average Bonchev–Trinajstić information content (AvgIpc) is 2.88. The molecule has 1 unspecified atom stereocenters. The van der Waals surface area contributed by atoms with E-state index in [2.05, 4.69) is 25.9 Å². The van der Waals surface area contributed by atoms with Crippen molar-refractivity contribution in [2.75, 3.05) is 0 Å². The summed E-state index contributed by atoms with van der Waals surface area (Å²) in [4.78, 5) is 16.8. The van der Waals surface area contributed by atoms with Gasteiger partial charge in [0.1, 0.15) is 11.5 Å². The van der Waals surface area contributed by atoms with E-state index >= 15 is 0 Å². The molecule has 19 heavy (non-hydrogen) atoms. The van der Waals surface area contributed by atoms with Crippen LogP contribution in [-0.4, -0.2) is 9.97 Å². The van der Waals surface area contributed by atoms with E-state index in [1.54, 1.807) is 0 Å². The number of aryl methyl sites for hydroxylation is 2. The normalized spacial score (nSPS) is 13.0. The van der Waals surface area contributed by atoms with E-state index in [4.69, 9.17) is 4.42 Å². The Labute approximate surface area is 118 Å². The summed E-state index contributed by atoms with van der Waals surface area (Å²) in [5, 5.41) is 0. The van der Waals surface area contributed by atoms with Gasteiger partial charge in [0.05, 0.1) is 15.9 Å². The van der Waals surface area contributed by atoms with E-state index < -0.39 is 0 Å². The van der Waals surface area contributed by atoms with E-state index in [0.717, 1.165) is 33.7 Å². The van der Waals surface area contributed by atoms with Crippen LogP contribution in [0.3, 0.4) is 0 Å². The molecule has 0 fully saturated rings. The van der Waals surface area contributed by atoms with Crippen LogP contribution in [0.25, 0.3) is 11.0 Å². The molecule has 0 aliphatic carbocycles. The van der Waals surface area contributed by atoms with Gasteiger partial charge in [0.2, 0.25) is 0 Å². The zero-order valence-electron chi connectivity index (χ0n) is 10.6. The summed E-state index contributed by atoms with van der Waals surface area (Å²) in [7, 11) is 0. The number of H-pyrrole nitrogens is 2. The van der Waals surface area contributed by atoms with E-state index in [1.807, 2.05) is 38.1 Å². The average molecular weight is 321 g/mol. The van der Waals surface area contributed by atoms with Gasteiger partial charge in [0.25, 0.3) is 0 Å². The number of hydrogen-bond donors (Lipinski definition) is 2. The molecule has 4 nitrogen and oxygen atoms in total. The lowest BCUT2D eigenvalue weighted by Gasteiger charge is -2.09. The molecule has 0 amide bonds. The Bertz CT molecular complexity index is 797. The summed E-state index contributed by atoms with van der Waals surface area (Å²) >= 11 is 3.69. The van der Waals surface area contributed by atoms with Crippen molar-refractivity contribution >= 4 is 27.0 Å². The number of aromatic amines is 2. The highest BCUT2D eigenvalue weighted by atomic mass is 79.9. The van der Waals surface area contributed by atoms with Crippen LogP contribution in [-0.2, 0) is 0 Å². The Morgan fingerprint density at radius 2 is 1.89 bits per heavy atom. The molecule has 98 valence electrons. The van der Waals surface area contributed by atoms with Crippen molar-refractivity contribution in [3.05, 3.63) is 57.4 Å². The van der Waals surface area contributed by atoms with Gasteiger partial charge >= 0.3 is 5.69 Å². The highest BCUT2D eigenvalue weighted by Crippen LogP contribution is 2.35. The van der Waals surface area contributed by atoms with Gasteiger partial charge in [0, 0.05) is 5.56 Å². The second-order valence-corrected chi connectivity index (χ2v) is 5.53. The number of alkyl halides is 1. The molecular formula is C14H13BrN2O2. The second-order valence-electron chi connectivity index (χ2n) is 4.62. The first-order valence-electron chi connectivity index (χ1n) is 5.97. The van der Waals surface area contributed by atoms with Crippen molar-refractivity contribution in [1.82, 2.24) is 9.97 Å². The van der Waals surface area contributed by atoms with E-state index in [-0.39, 0.29) is 10.5 Å². The fourth-order valence-corrected chi connectivity index (χ4v) is 3.03. The van der Waals surface area contributed by atoms with Crippen LogP contribution < -0.4 is 5.69 Å². The third-order valence-corrected chi connectivity index (χ3v) is 4.21. The molecule has 0 spiro atoms. The fourth-order valence-electron chi connectivity index (χ4n) is 2.29. The zero-order valence-corrected chi connectivity index (χ0v) is 12.2. The SMILES string of the molecule is Cc1cc(C(Br)c2ccc3[nH]c(=O)[nH]c3c2)c(C)o1. The molecule has 3 rings (SSSR count). The number of nitrogens with one attached hydrogen (secondary N) is 2. The summed E-state index contributed by atoms with van der Waals surface area (Å²) in [5.41, 5.74) is 3.62. The van der Waals surface area contributed by atoms with Gasteiger partial charge in [-0.25, -0.2) is 4.79 Å². The highest BCUT2D eigenvalue weighted by molar-refractivity contribution is 9.09. The molecule has 0 bridgehead atoms. The second kappa shape index (κ2) is 4.42. The third kappa shape index (κ3) is 2.14. The van der Waals surface area contributed by atoms with Gasteiger partial charge in [-0.1, -0.05) is 22.0 Å². The molecule has 1 atom stereocenters. The summed E-state index contributed by atoms with van der Waals surface area (Å²) < 4.78 is 5.55. The van der Waals surface area contributed by atoms with Crippen molar-refractivity contribution < 1.29 is 4.42 Å². The molecule has 2 aromatic heterocycles. The Kier molecular flexibility index (Phi) is 2.86. The fraction of sp³-hybridized carbons (Fsp3) is 0.214. The first-order chi connectivity index (χ1) is 9.04. The molecule has 2 N–H and O–H groups in total. The number of hydrogen-bond acceptors (Lipinski definition) is 2. The van der Waals surface area contributed by atoms with Crippen molar-refractivity contribution in [3.63, 3.8) is 0 Å². The predicted octanol–water partition coefficient (Wildman–Crippen LogP) is 3.55. The minimum Gasteiger partial charge on any atom is -0.466 e. The third-order valence-electron chi connectivity index (χ3n) is 3.19. The maximum Gasteiger partial charge on any atom is 0.323 e. The van der Waals surface area contributed by atoms with E-state index in [0.29, 0.717) is 0 Å². The number of benzene rings is 1. The lowest BCUT2D eigenvalue weighted by molar-refractivity contribution is 0.502. The van der Waals surface area contributed by atoms with Crippen LogP contribution in [0.4, 0.5) is 0 Å².